The quantitative estimate of drug-likeness (QED) is 0.796. The summed E-state index contributed by atoms with van der Waals surface area (Å²) >= 11 is 0. The minimum Gasteiger partial charge on any atom is -0.300 e. The first-order valence-corrected chi connectivity index (χ1v) is 5.76. The molecule has 0 amide bonds. The van der Waals surface area contributed by atoms with Gasteiger partial charge in [0.15, 0.2) is 0 Å². The Labute approximate surface area is 99.0 Å². The van der Waals surface area contributed by atoms with Crippen molar-refractivity contribution in [1.29, 1.82) is 0 Å². The smallest absolute Gasteiger partial charge is 0.300 e. The molecule has 0 spiro atoms. The molecule has 1 atom stereocenters. The monoisotopic (exact) mass is 243 g/mol. The van der Waals surface area contributed by atoms with Gasteiger partial charge in [-0.1, -0.05) is 18.2 Å². The molecule has 0 bridgehead atoms. The second-order valence-corrected chi connectivity index (χ2v) is 4.73. The van der Waals surface area contributed by atoms with Gasteiger partial charge in [0.05, 0.1) is 0 Å². The summed E-state index contributed by atoms with van der Waals surface area (Å²) in [5.41, 5.74) is 0.417. The Morgan fingerprint density at radius 3 is 2.35 bits per heavy atom. The number of rotatable bonds is 1. The molecule has 0 radical (unpaired) electrons. The lowest BCUT2D eigenvalue weighted by molar-refractivity contribution is -0.196. The number of nitrogens with one attached hydrogen (secondary N) is 1. The molecule has 94 valence electrons. The van der Waals surface area contributed by atoms with Gasteiger partial charge in [0, 0.05) is 0 Å². The van der Waals surface area contributed by atoms with Gasteiger partial charge in [0.1, 0.15) is 5.54 Å². The first-order valence-electron chi connectivity index (χ1n) is 5.76. The zero-order chi connectivity index (χ0) is 12.7. The van der Waals surface area contributed by atoms with Crippen LogP contribution in [0.2, 0.25) is 0 Å². The van der Waals surface area contributed by atoms with Gasteiger partial charge in [-0.25, -0.2) is 0 Å². The standard InChI is InChI=1S/C13H16F3N/c1-9-4-5-11(8-10(9)2)12(13(14,15)16)6-3-7-17-12/h4-5,8,17H,3,6-7H2,1-2H3. The summed E-state index contributed by atoms with van der Waals surface area (Å²) in [6, 6.07) is 5.01. The lowest BCUT2D eigenvalue weighted by Crippen LogP contribution is -2.50. The largest absolute Gasteiger partial charge is 0.410 e. The summed E-state index contributed by atoms with van der Waals surface area (Å²) in [6.45, 7) is 4.17. The van der Waals surface area contributed by atoms with Crippen LogP contribution in [0.5, 0.6) is 0 Å². The molecule has 1 aliphatic heterocycles. The molecule has 17 heavy (non-hydrogen) atoms. The van der Waals surface area contributed by atoms with Crippen LogP contribution in [0.1, 0.15) is 29.5 Å². The highest BCUT2D eigenvalue weighted by Gasteiger charge is 2.57. The van der Waals surface area contributed by atoms with Crippen molar-refractivity contribution in [2.75, 3.05) is 6.54 Å². The average molecular weight is 243 g/mol. The van der Waals surface area contributed by atoms with E-state index in [1.165, 1.54) is 0 Å². The maximum absolute atomic E-state index is 13.3. The predicted molar refractivity (Wildman–Crippen MR) is 60.9 cm³/mol. The highest BCUT2D eigenvalue weighted by Crippen LogP contribution is 2.45. The Bertz CT molecular complexity index is 417. The molecular weight excluding hydrogens is 227 g/mol. The maximum Gasteiger partial charge on any atom is 0.410 e. The van der Waals surface area contributed by atoms with Gasteiger partial charge in [-0.05, 0) is 49.9 Å². The number of hydrogen-bond donors (Lipinski definition) is 1. The maximum atomic E-state index is 13.3. The molecule has 1 fully saturated rings. The predicted octanol–water partition coefficient (Wildman–Crippen LogP) is 3.44. The Balaban J connectivity index is 2.50. The summed E-state index contributed by atoms with van der Waals surface area (Å²) in [4.78, 5) is 0. The normalized spacial score (nSPS) is 25.2. The summed E-state index contributed by atoms with van der Waals surface area (Å²) in [5.74, 6) is 0. The Hall–Kier alpha value is -1.03. The highest BCUT2D eigenvalue weighted by molar-refractivity contribution is 5.36. The van der Waals surface area contributed by atoms with Crippen LogP contribution in [-0.4, -0.2) is 12.7 Å². The molecule has 1 saturated heterocycles. The Morgan fingerprint density at radius 1 is 1.18 bits per heavy atom. The Morgan fingerprint density at radius 2 is 1.88 bits per heavy atom. The third-order valence-electron chi connectivity index (χ3n) is 3.64. The fourth-order valence-corrected chi connectivity index (χ4v) is 2.40. The van der Waals surface area contributed by atoms with Crippen LogP contribution in [0.15, 0.2) is 18.2 Å². The summed E-state index contributed by atoms with van der Waals surface area (Å²) in [5, 5.41) is 2.65. The van der Waals surface area contributed by atoms with E-state index in [9.17, 15) is 13.2 Å². The minimum absolute atomic E-state index is 0.124. The van der Waals surface area contributed by atoms with E-state index in [4.69, 9.17) is 0 Å². The first kappa shape index (κ1) is 12.4. The minimum atomic E-state index is -4.24. The van der Waals surface area contributed by atoms with Crippen LogP contribution in [0.25, 0.3) is 0 Å². The van der Waals surface area contributed by atoms with Gasteiger partial charge in [-0.15, -0.1) is 0 Å². The van der Waals surface area contributed by atoms with Crippen LogP contribution in [0.3, 0.4) is 0 Å². The summed E-state index contributed by atoms with van der Waals surface area (Å²) in [7, 11) is 0. The molecule has 1 N–H and O–H groups in total. The summed E-state index contributed by atoms with van der Waals surface area (Å²) < 4.78 is 39.8. The SMILES string of the molecule is Cc1ccc(C2(C(F)(F)F)CCCN2)cc1C. The second-order valence-electron chi connectivity index (χ2n) is 4.73. The topological polar surface area (TPSA) is 12.0 Å². The number of aryl methyl sites for hydroxylation is 2. The molecule has 0 aromatic heterocycles. The zero-order valence-corrected chi connectivity index (χ0v) is 9.99. The van der Waals surface area contributed by atoms with Crippen LogP contribution in [0.4, 0.5) is 13.2 Å². The van der Waals surface area contributed by atoms with Crippen molar-refractivity contribution in [2.45, 2.75) is 38.4 Å². The fourth-order valence-electron chi connectivity index (χ4n) is 2.40. The lowest BCUT2D eigenvalue weighted by atomic mass is 9.86. The van der Waals surface area contributed by atoms with E-state index in [0.29, 0.717) is 18.5 Å². The van der Waals surface area contributed by atoms with E-state index in [-0.39, 0.29) is 6.42 Å². The molecule has 1 aliphatic rings. The third kappa shape index (κ3) is 1.95. The number of benzene rings is 1. The van der Waals surface area contributed by atoms with E-state index in [0.717, 1.165) is 11.1 Å². The lowest BCUT2D eigenvalue weighted by Gasteiger charge is -2.33. The van der Waals surface area contributed by atoms with Crippen molar-refractivity contribution in [3.05, 3.63) is 34.9 Å². The number of alkyl halides is 3. The van der Waals surface area contributed by atoms with Gasteiger partial charge < -0.3 is 0 Å². The van der Waals surface area contributed by atoms with Crippen molar-refractivity contribution in [3.63, 3.8) is 0 Å². The zero-order valence-electron chi connectivity index (χ0n) is 9.99. The molecular formula is C13H16F3N. The fraction of sp³-hybridized carbons (Fsp3) is 0.538. The van der Waals surface area contributed by atoms with Crippen molar-refractivity contribution in [2.24, 2.45) is 0 Å². The van der Waals surface area contributed by atoms with Crippen LogP contribution in [-0.2, 0) is 5.54 Å². The molecule has 4 heteroatoms. The van der Waals surface area contributed by atoms with Crippen molar-refractivity contribution in [3.8, 4) is 0 Å². The van der Waals surface area contributed by atoms with Gasteiger partial charge in [0.2, 0.25) is 0 Å². The molecule has 1 nitrogen and oxygen atoms in total. The van der Waals surface area contributed by atoms with Crippen LogP contribution < -0.4 is 5.32 Å². The molecule has 2 rings (SSSR count). The van der Waals surface area contributed by atoms with Gasteiger partial charge in [-0.3, -0.25) is 5.32 Å². The van der Waals surface area contributed by atoms with Crippen molar-refractivity contribution >= 4 is 0 Å². The summed E-state index contributed by atoms with van der Waals surface area (Å²) in [6.07, 6.45) is -3.56. The van der Waals surface area contributed by atoms with Crippen LogP contribution >= 0.6 is 0 Å². The van der Waals surface area contributed by atoms with Crippen molar-refractivity contribution in [1.82, 2.24) is 5.32 Å². The first-order chi connectivity index (χ1) is 7.87. The molecule has 1 aromatic rings. The third-order valence-corrected chi connectivity index (χ3v) is 3.64. The molecule has 0 saturated carbocycles. The average Bonchev–Trinajstić information content (AvgIpc) is 2.71. The van der Waals surface area contributed by atoms with Gasteiger partial charge in [-0.2, -0.15) is 13.2 Å². The van der Waals surface area contributed by atoms with E-state index in [1.807, 2.05) is 13.8 Å². The van der Waals surface area contributed by atoms with E-state index >= 15 is 0 Å². The van der Waals surface area contributed by atoms with Crippen molar-refractivity contribution < 1.29 is 13.2 Å². The second kappa shape index (κ2) is 4.02. The molecule has 1 aromatic carbocycles. The van der Waals surface area contributed by atoms with E-state index < -0.39 is 11.7 Å². The van der Waals surface area contributed by atoms with Gasteiger partial charge in [0.25, 0.3) is 0 Å². The molecule has 0 aliphatic carbocycles. The molecule has 1 unspecified atom stereocenters. The Kier molecular flexibility index (Phi) is 2.94. The van der Waals surface area contributed by atoms with Crippen LogP contribution in [0, 0.1) is 13.8 Å². The van der Waals surface area contributed by atoms with Gasteiger partial charge >= 0.3 is 6.18 Å². The van der Waals surface area contributed by atoms with E-state index in [2.05, 4.69) is 5.32 Å². The number of hydrogen-bond acceptors (Lipinski definition) is 1. The van der Waals surface area contributed by atoms with E-state index in [1.54, 1.807) is 18.2 Å². The molecule has 1 heterocycles. The number of halogens is 3. The highest BCUT2D eigenvalue weighted by atomic mass is 19.4.